The minimum atomic E-state index is -0.455. The molecule has 6 rings (SSSR count). The lowest BCUT2D eigenvalue weighted by atomic mass is 9.93. The molecule has 2 aliphatic heterocycles. The smallest absolute Gasteiger partial charge is 0.269 e. The summed E-state index contributed by atoms with van der Waals surface area (Å²) in [5.74, 6) is -0.635. The largest absolute Gasteiger partial charge is 0.506 e. The predicted octanol–water partition coefficient (Wildman–Crippen LogP) is 4.97. The average molecular weight is 500 g/mol. The lowest BCUT2D eigenvalue weighted by molar-refractivity contribution is -0.444. The third-order valence-electron chi connectivity index (χ3n) is 7.38. The fourth-order valence-electron chi connectivity index (χ4n) is 5.33. The van der Waals surface area contributed by atoms with Crippen LogP contribution in [0.3, 0.4) is 0 Å². The van der Waals surface area contributed by atoms with Crippen molar-refractivity contribution in [1.29, 1.82) is 0 Å². The molecule has 0 saturated heterocycles. The molecule has 8 heteroatoms. The maximum Gasteiger partial charge on any atom is 0.506 e. The minimum Gasteiger partial charge on any atom is -0.269 e. The molecule has 36 heavy (non-hydrogen) atoms. The Balaban J connectivity index is 1.49. The van der Waals surface area contributed by atoms with Gasteiger partial charge in [-0.25, -0.2) is 9.78 Å². The number of rotatable bonds is 3. The summed E-state index contributed by atoms with van der Waals surface area (Å²) in [5, 5.41) is 0.757. The number of allylic oxidation sites excluding steroid dienone is 1. The summed E-state index contributed by atoms with van der Waals surface area (Å²) in [7, 11) is 0. The molecule has 0 saturated carbocycles. The molecule has 1 aliphatic carbocycles. The Labute approximate surface area is 213 Å². The van der Waals surface area contributed by atoms with Crippen LogP contribution in [0.5, 0.6) is 0 Å². The summed E-state index contributed by atoms with van der Waals surface area (Å²) in [6.07, 6.45) is 6.79. The SMILES string of the molecule is Cc1ccc(N2C(=O)C3C4=C(CCCCC4)SC3=[N+](Cc3cc(=O)n4ccccc4n3)C2=O)cc1C. The highest BCUT2D eigenvalue weighted by Crippen LogP contribution is 2.47. The second-order valence-electron chi connectivity index (χ2n) is 9.71. The fraction of sp³-hybridized carbons (Fsp3) is 0.321. The Morgan fingerprint density at radius 2 is 1.83 bits per heavy atom. The van der Waals surface area contributed by atoms with Crippen molar-refractivity contribution in [2.75, 3.05) is 4.90 Å². The molecule has 1 atom stereocenters. The second-order valence-corrected chi connectivity index (χ2v) is 10.8. The van der Waals surface area contributed by atoms with Crippen molar-refractivity contribution in [1.82, 2.24) is 9.38 Å². The number of thioether (sulfide) groups is 1. The van der Waals surface area contributed by atoms with Crippen molar-refractivity contribution in [2.45, 2.75) is 52.5 Å². The first-order chi connectivity index (χ1) is 17.4. The molecular weight excluding hydrogens is 472 g/mol. The molecule has 3 aliphatic rings. The van der Waals surface area contributed by atoms with Crippen LogP contribution in [0, 0.1) is 19.8 Å². The van der Waals surface area contributed by atoms with Gasteiger partial charge in [0.05, 0.1) is 5.69 Å². The second kappa shape index (κ2) is 8.85. The predicted molar refractivity (Wildman–Crippen MR) is 140 cm³/mol. The van der Waals surface area contributed by atoms with Crippen molar-refractivity contribution in [3.05, 3.63) is 86.3 Å². The Bertz CT molecular complexity index is 1570. The van der Waals surface area contributed by atoms with Crippen LogP contribution in [0.15, 0.2) is 63.9 Å². The summed E-state index contributed by atoms with van der Waals surface area (Å²) in [6, 6.07) is 12.2. The topological polar surface area (TPSA) is 74.8 Å². The summed E-state index contributed by atoms with van der Waals surface area (Å²) in [6.45, 7) is 4.13. The first kappa shape index (κ1) is 22.9. The van der Waals surface area contributed by atoms with E-state index in [-0.39, 0.29) is 18.0 Å². The monoisotopic (exact) mass is 499 g/mol. The molecule has 0 spiro atoms. The molecule has 4 heterocycles. The summed E-state index contributed by atoms with van der Waals surface area (Å²) >= 11 is 1.58. The van der Waals surface area contributed by atoms with E-state index >= 15 is 0 Å². The van der Waals surface area contributed by atoms with Crippen molar-refractivity contribution in [3.63, 3.8) is 0 Å². The maximum atomic E-state index is 14.0. The highest BCUT2D eigenvalue weighted by molar-refractivity contribution is 8.17. The van der Waals surface area contributed by atoms with Crippen molar-refractivity contribution >= 4 is 40.1 Å². The summed E-state index contributed by atoms with van der Waals surface area (Å²) in [4.78, 5) is 47.9. The maximum absolute atomic E-state index is 14.0. The van der Waals surface area contributed by atoms with E-state index in [0.29, 0.717) is 17.0 Å². The number of imide groups is 1. The molecule has 0 fully saturated rings. The third-order valence-corrected chi connectivity index (χ3v) is 8.76. The first-order valence-corrected chi connectivity index (χ1v) is 13.2. The number of amides is 3. The van der Waals surface area contributed by atoms with Crippen LogP contribution in [-0.4, -0.2) is 30.9 Å². The lowest BCUT2D eigenvalue weighted by Gasteiger charge is -2.26. The third kappa shape index (κ3) is 3.71. The van der Waals surface area contributed by atoms with Crippen LogP contribution in [0.1, 0.15) is 48.9 Å². The van der Waals surface area contributed by atoms with Gasteiger partial charge in [-0.1, -0.05) is 30.3 Å². The number of carbonyl (C=O) groups is 2. The van der Waals surface area contributed by atoms with Gasteiger partial charge in [0.15, 0.2) is 11.0 Å². The molecular formula is C28H27N4O3S+. The number of benzene rings is 1. The Hall–Kier alpha value is -3.52. The number of aromatic nitrogens is 2. The number of fused-ring (bicyclic) bond motifs is 3. The van der Waals surface area contributed by atoms with Gasteiger partial charge in [0.25, 0.3) is 5.56 Å². The zero-order valence-electron chi connectivity index (χ0n) is 20.4. The van der Waals surface area contributed by atoms with E-state index in [9.17, 15) is 14.4 Å². The molecule has 7 nitrogen and oxygen atoms in total. The van der Waals surface area contributed by atoms with Crippen LogP contribution >= 0.6 is 11.8 Å². The first-order valence-electron chi connectivity index (χ1n) is 12.4. The van der Waals surface area contributed by atoms with Gasteiger partial charge in [-0.15, -0.1) is 4.90 Å². The number of hydrogen-bond donors (Lipinski definition) is 0. The zero-order chi connectivity index (χ0) is 25.0. The van der Waals surface area contributed by atoms with E-state index in [1.807, 2.05) is 38.1 Å². The van der Waals surface area contributed by atoms with Gasteiger partial charge in [-0.3, -0.25) is 9.20 Å². The van der Waals surface area contributed by atoms with Crippen molar-refractivity contribution in [2.24, 2.45) is 5.92 Å². The van der Waals surface area contributed by atoms with Gasteiger partial charge in [0, 0.05) is 12.3 Å². The van der Waals surface area contributed by atoms with Crippen LogP contribution in [0.2, 0.25) is 0 Å². The van der Waals surface area contributed by atoms with Crippen LogP contribution in [-0.2, 0) is 11.3 Å². The van der Waals surface area contributed by atoms with Crippen molar-refractivity contribution in [3.8, 4) is 0 Å². The highest BCUT2D eigenvalue weighted by Gasteiger charge is 2.54. The van der Waals surface area contributed by atoms with E-state index in [0.717, 1.165) is 53.8 Å². The van der Waals surface area contributed by atoms with Gasteiger partial charge >= 0.3 is 11.9 Å². The molecule has 1 unspecified atom stereocenters. The molecule has 1 aromatic carbocycles. The van der Waals surface area contributed by atoms with Gasteiger partial charge in [0.1, 0.15) is 17.9 Å². The van der Waals surface area contributed by atoms with Crippen molar-refractivity contribution < 1.29 is 14.2 Å². The van der Waals surface area contributed by atoms with E-state index < -0.39 is 11.9 Å². The quantitative estimate of drug-likeness (QED) is 0.476. The van der Waals surface area contributed by atoms with Gasteiger partial charge in [-0.2, -0.15) is 9.37 Å². The molecule has 0 N–H and O–H groups in total. The number of anilines is 1. The Morgan fingerprint density at radius 1 is 1.00 bits per heavy atom. The van der Waals surface area contributed by atoms with Gasteiger partial charge in [0.2, 0.25) is 0 Å². The fourth-order valence-corrected chi connectivity index (χ4v) is 6.80. The summed E-state index contributed by atoms with van der Waals surface area (Å²) < 4.78 is 3.15. The minimum absolute atomic E-state index is 0.132. The van der Waals surface area contributed by atoms with Crippen LogP contribution in [0.4, 0.5) is 10.5 Å². The van der Waals surface area contributed by atoms with E-state index in [2.05, 4.69) is 4.98 Å². The normalized spacial score (nSPS) is 20.2. The van der Waals surface area contributed by atoms with E-state index in [1.54, 1.807) is 34.7 Å². The van der Waals surface area contributed by atoms with E-state index in [1.165, 1.54) is 20.3 Å². The van der Waals surface area contributed by atoms with Gasteiger partial charge < -0.3 is 0 Å². The lowest BCUT2D eigenvalue weighted by Crippen LogP contribution is -2.53. The molecule has 182 valence electrons. The molecule has 3 aromatic rings. The highest BCUT2D eigenvalue weighted by atomic mass is 32.2. The molecule has 0 bridgehead atoms. The summed E-state index contributed by atoms with van der Waals surface area (Å²) in [5.41, 5.74) is 4.70. The number of carbonyl (C=O) groups excluding carboxylic acids is 2. The Kier molecular flexibility index (Phi) is 5.63. The molecule has 2 aromatic heterocycles. The van der Waals surface area contributed by atoms with Crippen LogP contribution in [0.25, 0.3) is 5.65 Å². The number of pyridine rings is 1. The standard InChI is InChI=1S/C28H27N4O3S/c1-17-11-12-20(14-18(17)2)32-26(34)25-21-8-4-3-5-9-22(21)36-27(25)31(28(32)35)16-19-15-24(33)30-13-7-6-10-23(30)29-19/h6-7,10-15,25H,3-5,8-9,16H2,1-2H3/q+1. The number of aryl methyl sites for hydroxylation is 2. The number of hydrogen-bond acceptors (Lipinski definition) is 5. The zero-order valence-corrected chi connectivity index (χ0v) is 21.2. The van der Waals surface area contributed by atoms with Crippen LogP contribution < -0.4 is 10.5 Å². The van der Waals surface area contributed by atoms with Gasteiger partial charge in [-0.05, 0) is 85.4 Å². The number of urea groups is 1. The molecule has 3 amide bonds. The molecule has 0 radical (unpaired) electrons. The number of nitrogens with zero attached hydrogens (tertiary/aromatic N) is 4. The van der Waals surface area contributed by atoms with E-state index in [4.69, 9.17) is 0 Å². The average Bonchev–Trinajstić information content (AvgIpc) is 3.07. The Morgan fingerprint density at radius 3 is 2.67 bits per heavy atom.